The number of halogens is 1. The Hall–Kier alpha value is -2.28. The highest BCUT2D eigenvalue weighted by atomic mass is 32.3. The van der Waals surface area contributed by atoms with Gasteiger partial charge in [-0.1, -0.05) is 12.1 Å². The van der Waals surface area contributed by atoms with Crippen molar-refractivity contribution in [3.8, 4) is 5.69 Å². The number of rotatable bonds is 6. The molecular formula is C11H14FN5O5S2. The number of para-hydroxylation sites is 2. The van der Waals surface area contributed by atoms with Gasteiger partial charge in [0, 0.05) is 0 Å². The Morgan fingerprint density at radius 2 is 1.92 bits per heavy atom. The third-order valence-electron chi connectivity index (χ3n) is 3.04. The van der Waals surface area contributed by atoms with Gasteiger partial charge in [0.25, 0.3) is 10.0 Å². The van der Waals surface area contributed by atoms with Gasteiger partial charge in [-0.3, -0.25) is 0 Å². The monoisotopic (exact) mass is 379 g/mol. The number of H-pyrrole nitrogens is 1. The van der Waals surface area contributed by atoms with Crippen LogP contribution in [-0.2, 0) is 20.0 Å². The number of aromatic nitrogens is 4. The number of hydrogen-bond donors (Lipinski definition) is 1. The summed E-state index contributed by atoms with van der Waals surface area (Å²) in [6.45, 7) is 1.92. The molecule has 0 saturated carbocycles. The highest BCUT2D eigenvalue weighted by Gasteiger charge is 2.39. The molecule has 10 nitrogen and oxygen atoms in total. The lowest BCUT2D eigenvalue weighted by molar-refractivity contribution is 0.444. The van der Waals surface area contributed by atoms with Crippen molar-refractivity contribution in [2.75, 3.05) is 9.46 Å². The second kappa shape index (κ2) is 6.32. The Morgan fingerprint density at radius 3 is 2.42 bits per heavy atom. The number of alkyl halides is 1. The third-order valence-corrected chi connectivity index (χ3v) is 7.25. The van der Waals surface area contributed by atoms with Crippen LogP contribution < -0.4 is 9.40 Å². The first kappa shape index (κ1) is 18.1. The van der Waals surface area contributed by atoms with Gasteiger partial charge in [-0.15, -0.1) is 0 Å². The molecule has 0 fully saturated rings. The Balaban J connectivity index is 2.84. The van der Waals surface area contributed by atoms with Crippen molar-refractivity contribution in [1.29, 1.82) is 0 Å². The lowest BCUT2D eigenvalue weighted by atomic mass is 10.3. The van der Waals surface area contributed by atoms with Crippen molar-refractivity contribution in [2.45, 2.75) is 19.4 Å². The molecule has 0 radical (unpaired) electrons. The van der Waals surface area contributed by atoms with Crippen LogP contribution in [0.4, 0.5) is 10.1 Å². The molecule has 1 aromatic heterocycles. The van der Waals surface area contributed by atoms with Crippen LogP contribution in [0, 0.1) is 0 Å². The van der Waals surface area contributed by atoms with Crippen LogP contribution in [0.5, 0.6) is 0 Å². The van der Waals surface area contributed by atoms with Crippen molar-refractivity contribution in [2.24, 2.45) is 0 Å². The van der Waals surface area contributed by atoms with Crippen LogP contribution in [0.3, 0.4) is 0 Å². The van der Waals surface area contributed by atoms with E-state index in [1.165, 1.54) is 25.1 Å². The van der Waals surface area contributed by atoms with E-state index in [1.54, 1.807) is 0 Å². The largest absolute Gasteiger partial charge is 0.365 e. The van der Waals surface area contributed by atoms with Crippen LogP contribution >= 0.6 is 0 Å². The summed E-state index contributed by atoms with van der Waals surface area (Å²) >= 11 is 0. The molecule has 132 valence electrons. The zero-order valence-electron chi connectivity index (χ0n) is 12.6. The molecule has 0 aliphatic carbocycles. The van der Waals surface area contributed by atoms with Gasteiger partial charge in [0.15, 0.2) is 0 Å². The molecule has 0 aliphatic heterocycles. The van der Waals surface area contributed by atoms with E-state index in [4.69, 9.17) is 0 Å². The van der Waals surface area contributed by atoms with Gasteiger partial charge in [-0.25, -0.2) is 31.1 Å². The molecule has 0 saturated heterocycles. The van der Waals surface area contributed by atoms with E-state index in [1.807, 2.05) is 5.10 Å². The molecule has 1 unspecified atom stereocenters. The molecule has 24 heavy (non-hydrogen) atoms. The Kier molecular flexibility index (Phi) is 4.75. The topological polar surface area (TPSA) is 135 Å². The summed E-state index contributed by atoms with van der Waals surface area (Å²) in [6.07, 6.45) is 0. The summed E-state index contributed by atoms with van der Waals surface area (Å²) in [6, 6.07) is 5.17. The van der Waals surface area contributed by atoms with Crippen molar-refractivity contribution in [3.63, 3.8) is 0 Å². The predicted octanol–water partition coefficient (Wildman–Crippen LogP) is -0.243. The quantitative estimate of drug-likeness (QED) is 0.731. The van der Waals surface area contributed by atoms with Gasteiger partial charge in [-0.2, -0.15) is 8.39 Å². The van der Waals surface area contributed by atoms with Crippen LogP contribution in [0.25, 0.3) is 5.69 Å². The summed E-state index contributed by atoms with van der Waals surface area (Å²) in [5, 5.41) is 8.72. The summed E-state index contributed by atoms with van der Waals surface area (Å²) in [7, 11) is -9.29. The lowest BCUT2D eigenvalue weighted by Crippen LogP contribution is -2.42. The van der Waals surface area contributed by atoms with E-state index in [9.17, 15) is 26.0 Å². The fourth-order valence-electron chi connectivity index (χ4n) is 1.85. The molecule has 1 heterocycles. The van der Waals surface area contributed by atoms with E-state index in [-0.39, 0.29) is 9.40 Å². The summed E-state index contributed by atoms with van der Waals surface area (Å²) in [5.74, 6) is -0.596. The molecule has 13 heteroatoms. The minimum Gasteiger partial charge on any atom is -0.244 e. The van der Waals surface area contributed by atoms with E-state index in [2.05, 4.69) is 10.4 Å². The number of nitrogens with one attached hydrogen (secondary N) is 1. The lowest BCUT2D eigenvalue weighted by Gasteiger charge is -2.25. The number of anilines is 1. The van der Waals surface area contributed by atoms with Crippen LogP contribution in [0.1, 0.15) is 13.8 Å². The van der Waals surface area contributed by atoms with Crippen LogP contribution in [0.2, 0.25) is 0 Å². The second-order valence-corrected chi connectivity index (χ2v) is 8.97. The average Bonchev–Trinajstić information content (AvgIpc) is 2.93. The molecule has 2 rings (SSSR count). The van der Waals surface area contributed by atoms with Gasteiger partial charge in [0.1, 0.15) is 0 Å². The van der Waals surface area contributed by atoms with Crippen molar-refractivity contribution >= 4 is 25.7 Å². The molecule has 2 aromatic rings. The predicted molar refractivity (Wildman–Crippen MR) is 83.4 cm³/mol. The normalized spacial score (nSPS) is 13.6. The second-order valence-electron chi connectivity index (χ2n) is 4.59. The van der Waals surface area contributed by atoms with Crippen LogP contribution in [-0.4, -0.2) is 48.3 Å². The Bertz CT molecular complexity index is 996. The number of benzene rings is 1. The Morgan fingerprint density at radius 1 is 1.29 bits per heavy atom. The van der Waals surface area contributed by atoms with E-state index in [0.29, 0.717) is 11.6 Å². The fourth-order valence-corrected chi connectivity index (χ4v) is 5.17. The molecular weight excluding hydrogens is 365 g/mol. The highest BCUT2D eigenvalue weighted by Crippen LogP contribution is 2.30. The zero-order chi connectivity index (χ0) is 18.1. The maximum atomic E-state index is 13.6. The van der Waals surface area contributed by atoms with Crippen molar-refractivity contribution < 1.29 is 21.2 Å². The number of hydrogen-bond acceptors (Lipinski definition) is 7. The number of tetrazole rings is 1. The molecule has 0 aliphatic rings. The number of sulfonamides is 2. The van der Waals surface area contributed by atoms with E-state index < -0.39 is 42.7 Å². The maximum Gasteiger partial charge on any atom is 0.365 e. The molecule has 0 amide bonds. The van der Waals surface area contributed by atoms with Crippen LogP contribution in [0.15, 0.2) is 29.1 Å². The summed E-state index contributed by atoms with van der Waals surface area (Å²) in [5.41, 5.74) is -3.92. The highest BCUT2D eigenvalue weighted by molar-refractivity contribution is 8.10. The van der Waals surface area contributed by atoms with Crippen molar-refractivity contribution in [1.82, 2.24) is 20.2 Å². The standard InChI is InChI=1S/C11H14FN5O5S2/c1-3-23(19,20)17(24(21,22)8(2)12)10-7-5-4-6-9(10)16-11(18)13-14-15-16/h4-8H,3H2,1-2H3,(H,13,15,18). The van der Waals surface area contributed by atoms with Gasteiger partial charge < -0.3 is 0 Å². The van der Waals surface area contributed by atoms with Gasteiger partial charge in [0.2, 0.25) is 15.5 Å². The fraction of sp³-hybridized carbons (Fsp3) is 0.364. The van der Waals surface area contributed by atoms with Gasteiger partial charge >= 0.3 is 5.69 Å². The molecule has 0 bridgehead atoms. The number of aromatic amines is 1. The first-order valence-corrected chi connectivity index (χ1v) is 9.75. The minimum absolute atomic E-state index is 0.0128. The zero-order valence-corrected chi connectivity index (χ0v) is 14.3. The Labute approximate surface area is 137 Å². The number of nitrogens with zero attached hydrogens (tertiary/aromatic N) is 4. The van der Waals surface area contributed by atoms with Gasteiger partial charge in [-0.05, 0) is 36.4 Å². The molecule has 1 N–H and O–H groups in total. The summed E-state index contributed by atoms with van der Waals surface area (Å²) < 4.78 is 63.5. The average molecular weight is 379 g/mol. The van der Waals surface area contributed by atoms with Crippen molar-refractivity contribution in [3.05, 3.63) is 34.7 Å². The molecule has 0 spiro atoms. The smallest absolute Gasteiger partial charge is 0.244 e. The summed E-state index contributed by atoms with van der Waals surface area (Å²) in [4.78, 5) is 11.7. The first-order chi connectivity index (χ1) is 11.1. The molecule has 1 atom stereocenters. The minimum atomic E-state index is -4.88. The van der Waals surface area contributed by atoms with E-state index >= 15 is 0 Å². The van der Waals surface area contributed by atoms with Gasteiger partial charge in [0.05, 0.1) is 17.1 Å². The SMILES string of the molecule is CCS(=O)(=O)N(c1ccccc1-n1nn[nH]c1=O)S(=O)(=O)C(C)F. The maximum absolute atomic E-state index is 13.6. The van der Waals surface area contributed by atoms with E-state index in [0.717, 1.165) is 6.07 Å². The molecule has 1 aromatic carbocycles. The third kappa shape index (κ3) is 3.03. The first-order valence-electron chi connectivity index (χ1n) is 6.63.